The topological polar surface area (TPSA) is 122 Å². The zero-order valence-corrected chi connectivity index (χ0v) is 26.2. The van der Waals surface area contributed by atoms with Gasteiger partial charge in [0, 0.05) is 22.7 Å². The Bertz CT molecular complexity index is 1320. The molecule has 0 saturated heterocycles. The van der Waals surface area contributed by atoms with Gasteiger partial charge >= 0.3 is 0 Å². The van der Waals surface area contributed by atoms with Crippen molar-refractivity contribution in [2.75, 3.05) is 6.54 Å². The van der Waals surface area contributed by atoms with Crippen LogP contribution in [0.1, 0.15) is 101 Å². The number of amides is 2. The van der Waals surface area contributed by atoms with Crippen LogP contribution in [0.3, 0.4) is 0 Å². The molecule has 4 rings (SSSR count). The minimum atomic E-state index is -0.628. The van der Waals surface area contributed by atoms with Gasteiger partial charge in [-0.1, -0.05) is 76.3 Å². The molecule has 2 amide bonds. The molecule has 0 bridgehead atoms. The molecule has 1 atom stereocenters. The lowest BCUT2D eigenvalue weighted by molar-refractivity contribution is -0.133. The monoisotopic (exact) mass is 591 g/mol. The molecular weight excluding hydrogens is 548 g/mol. The number of amidine groups is 1. The fourth-order valence-electron chi connectivity index (χ4n) is 6.28. The summed E-state index contributed by atoms with van der Waals surface area (Å²) in [5, 5.41) is 12.7. The summed E-state index contributed by atoms with van der Waals surface area (Å²) >= 11 is 6.35. The van der Waals surface area contributed by atoms with Crippen LogP contribution < -0.4 is 16.6 Å². The molecular formula is C33H44ClN6O2-. The van der Waals surface area contributed by atoms with Crippen LogP contribution in [-0.4, -0.2) is 40.5 Å². The van der Waals surface area contributed by atoms with E-state index in [0.29, 0.717) is 28.1 Å². The maximum absolute atomic E-state index is 14.4. The molecule has 9 heteroatoms. The molecule has 1 fully saturated rings. The molecule has 1 unspecified atom stereocenters. The fraction of sp³-hybridized carbons (Fsp3) is 0.515. The Hall–Kier alpha value is -3.23. The molecule has 1 heterocycles. The van der Waals surface area contributed by atoms with E-state index in [2.05, 4.69) is 50.3 Å². The molecule has 4 N–H and O–H groups in total. The third-order valence-corrected chi connectivity index (χ3v) is 9.00. The van der Waals surface area contributed by atoms with E-state index in [4.69, 9.17) is 22.4 Å². The Morgan fingerprint density at radius 2 is 1.81 bits per heavy atom. The maximum Gasteiger partial charge on any atom is 0.275 e. The first-order valence-corrected chi connectivity index (χ1v) is 15.3. The largest absolute Gasteiger partial charge is 0.467 e. The zero-order chi connectivity index (χ0) is 30.7. The Morgan fingerprint density at radius 3 is 2.38 bits per heavy atom. The summed E-state index contributed by atoms with van der Waals surface area (Å²) in [7, 11) is 0. The van der Waals surface area contributed by atoms with Gasteiger partial charge in [-0.2, -0.15) is 0 Å². The highest BCUT2D eigenvalue weighted by atomic mass is 35.5. The van der Waals surface area contributed by atoms with E-state index in [1.54, 1.807) is 12.1 Å². The molecule has 42 heavy (non-hydrogen) atoms. The highest BCUT2D eigenvalue weighted by Gasteiger charge is 2.52. The van der Waals surface area contributed by atoms with E-state index in [-0.39, 0.29) is 35.7 Å². The summed E-state index contributed by atoms with van der Waals surface area (Å²) in [6.45, 7) is 11.2. The van der Waals surface area contributed by atoms with Gasteiger partial charge in [0.1, 0.15) is 11.4 Å². The Balaban J connectivity index is 1.71. The number of hydrogen-bond acceptors (Lipinski definition) is 4. The van der Waals surface area contributed by atoms with Gasteiger partial charge in [0.25, 0.3) is 11.8 Å². The first kappa shape index (κ1) is 31.7. The van der Waals surface area contributed by atoms with Crippen molar-refractivity contribution in [3.05, 3.63) is 75.7 Å². The second-order valence-electron chi connectivity index (χ2n) is 13.2. The van der Waals surface area contributed by atoms with E-state index in [1.165, 1.54) is 0 Å². The van der Waals surface area contributed by atoms with Gasteiger partial charge in [0.15, 0.2) is 0 Å². The fourth-order valence-corrected chi connectivity index (χ4v) is 6.47. The first-order chi connectivity index (χ1) is 19.8. The number of benzene rings is 2. The summed E-state index contributed by atoms with van der Waals surface area (Å²) in [5.41, 5.74) is 4.32. The number of carbonyl (C=O) groups is 2. The van der Waals surface area contributed by atoms with Gasteiger partial charge in [-0.25, -0.2) is 0 Å². The predicted molar refractivity (Wildman–Crippen MR) is 170 cm³/mol. The summed E-state index contributed by atoms with van der Waals surface area (Å²) in [5.74, 6) is 5.56. The quantitative estimate of drug-likeness (QED) is 0.138. The normalized spacial score (nSPS) is 21.4. The van der Waals surface area contributed by atoms with Crippen LogP contribution in [0.5, 0.6) is 0 Å². The molecule has 1 spiro atoms. The molecule has 8 nitrogen and oxygen atoms in total. The minimum Gasteiger partial charge on any atom is -0.467 e. The van der Waals surface area contributed by atoms with E-state index < -0.39 is 5.66 Å². The number of nitrogens with zero attached hydrogens (tertiary/aromatic N) is 3. The summed E-state index contributed by atoms with van der Waals surface area (Å²) in [6.07, 6.45) is 5.32. The number of hydrazine groups is 1. The number of rotatable bonds is 9. The van der Waals surface area contributed by atoms with Crippen LogP contribution >= 0.6 is 11.6 Å². The number of aliphatic imine (C=N–C) groups is 1. The van der Waals surface area contributed by atoms with Gasteiger partial charge in [-0.3, -0.25) is 14.6 Å². The van der Waals surface area contributed by atoms with Crippen LogP contribution in [0.25, 0.3) is 5.41 Å². The lowest BCUT2D eigenvalue weighted by Crippen LogP contribution is -2.51. The molecule has 1 aliphatic carbocycles. The van der Waals surface area contributed by atoms with Crippen molar-refractivity contribution in [2.45, 2.75) is 84.8 Å². The van der Waals surface area contributed by atoms with Gasteiger partial charge in [-0.15, -0.1) is 0 Å². The third-order valence-electron chi connectivity index (χ3n) is 8.77. The second kappa shape index (κ2) is 13.0. The van der Waals surface area contributed by atoms with Crippen molar-refractivity contribution in [2.24, 2.45) is 28.1 Å². The average Bonchev–Trinajstić information content (AvgIpc) is 3.22. The molecule has 0 aromatic heterocycles. The van der Waals surface area contributed by atoms with Crippen molar-refractivity contribution in [1.29, 1.82) is 0 Å². The lowest BCUT2D eigenvalue weighted by atomic mass is 9.69. The highest BCUT2D eigenvalue weighted by Crippen LogP contribution is 2.50. The molecule has 1 aliphatic heterocycles. The standard InChI is InChI=1S/C33H44ClN6O2/c1-21(2)9-14-27(22-10-12-23(13-11-22)30(41)37-20-28(35)39-36)40-31(42)29(24-7-6-8-26(34)19-24)38-33(40)17-15-25(16-18-33)32(3,4)5/h6-8,10-13,19,21,25,27H,9,14-18,20H2,1-5H3,(H4-,35,36,37,38,39,41,42)/q-1. The van der Waals surface area contributed by atoms with Crippen molar-refractivity contribution in [1.82, 2.24) is 15.6 Å². The molecule has 2 aromatic rings. The number of nitrogens with one attached hydrogen (secondary N) is 2. The van der Waals surface area contributed by atoms with E-state index in [0.717, 1.165) is 49.7 Å². The van der Waals surface area contributed by atoms with Gasteiger partial charge in [-0.05, 0) is 85.6 Å². The molecule has 226 valence electrons. The van der Waals surface area contributed by atoms with E-state index in [9.17, 15) is 15.0 Å². The molecule has 2 aromatic carbocycles. The van der Waals surface area contributed by atoms with Crippen molar-refractivity contribution in [3.63, 3.8) is 0 Å². The van der Waals surface area contributed by atoms with Crippen molar-refractivity contribution in [3.8, 4) is 0 Å². The minimum absolute atomic E-state index is 0.0673. The van der Waals surface area contributed by atoms with E-state index >= 15 is 0 Å². The summed E-state index contributed by atoms with van der Waals surface area (Å²) < 4.78 is 0. The van der Waals surface area contributed by atoms with Gasteiger partial charge < -0.3 is 26.9 Å². The molecule has 2 aliphatic rings. The van der Waals surface area contributed by atoms with Crippen LogP contribution in [0.15, 0.2) is 53.5 Å². The smallest absolute Gasteiger partial charge is 0.275 e. The number of halogens is 1. The molecule has 0 radical (unpaired) electrons. The highest BCUT2D eigenvalue weighted by molar-refractivity contribution is 6.47. The van der Waals surface area contributed by atoms with Crippen LogP contribution in [0, 0.1) is 17.3 Å². The van der Waals surface area contributed by atoms with Gasteiger partial charge in [0.05, 0.1) is 6.04 Å². The first-order valence-electron chi connectivity index (χ1n) is 14.9. The van der Waals surface area contributed by atoms with Crippen LogP contribution in [0.2, 0.25) is 5.02 Å². The SMILES string of the molecule is CC(C)CCC(c1ccc(C(=O)NCC(=[N-])NN)cc1)N1C(=O)C(c2cccc(Cl)c2)=NC12CCC(C(C)(C)C)CC2. The summed E-state index contributed by atoms with van der Waals surface area (Å²) in [4.78, 5) is 34.4. The zero-order valence-electron chi connectivity index (χ0n) is 25.4. The average molecular weight is 592 g/mol. The van der Waals surface area contributed by atoms with E-state index in [1.807, 2.05) is 36.4 Å². The number of hydrogen-bond donors (Lipinski definition) is 3. The Labute approximate surface area is 255 Å². The van der Waals surface area contributed by atoms with Crippen LogP contribution in [-0.2, 0) is 4.79 Å². The summed E-state index contributed by atoms with van der Waals surface area (Å²) in [6, 6.07) is 14.6. The third kappa shape index (κ3) is 7.04. The van der Waals surface area contributed by atoms with Crippen LogP contribution in [0.4, 0.5) is 0 Å². The van der Waals surface area contributed by atoms with Gasteiger partial charge in [0.2, 0.25) is 0 Å². The maximum atomic E-state index is 14.4. The predicted octanol–water partition coefficient (Wildman–Crippen LogP) is 6.24. The van der Waals surface area contributed by atoms with Crippen molar-refractivity contribution >= 4 is 35.0 Å². The molecule has 1 saturated carbocycles. The Morgan fingerprint density at radius 1 is 1.14 bits per heavy atom. The Kier molecular flexibility index (Phi) is 9.78. The number of nitrogens with two attached hydrogens (primary N) is 1. The lowest BCUT2D eigenvalue weighted by Gasteiger charge is -2.47. The van der Waals surface area contributed by atoms with Crippen molar-refractivity contribution < 1.29 is 9.59 Å². The number of carbonyl (C=O) groups excluding carboxylic acids is 2. The second-order valence-corrected chi connectivity index (χ2v) is 13.6.